The van der Waals surface area contributed by atoms with Crippen LogP contribution in [-0.4, -0.2) is 18.6 Å². The number of nitrogens with one attached hydrogen (secondary N) is 1. The number of hydrogen-bond donors (Lipinski definition) is 1. The molecule has 0 spiro atoms. The van der Waals surface area contributed by atoms with E-state index in [1.165, 1.54) is 4.88 Å². The summed E-state index contributed by atoms with van der Waals surface area (Å²) in [4.78, 5) is 8.04. The third-order valence-electron chi connectivity index (χ3n) is 2.92. The van der Waals surface area contributed by atoms with Crippen LogP contribution in [0.5, 0.6) is 0 Å². The van der Waals surface area contributed by atoms with Gasteiger partial charge >= 0.3 is 0 Å². The molecule has 0 aliphatic rings. The first-order valence-corrected chi connectivity index (χ1v) is 7.56. The van der Waals surface area contributed by atoms with Gasteiger partial charge in [-0.1, -0.05) is 17.7 Å². The minimum atomic E-state index is 0.713. The molecule has 0 radical (unpaired) electrons. The SMILES string of the molecule is CCN(Cc1cccs1)c1cc(CNC)c(Cl)cn1. The highest BCUT2D eigenvalue weighted by Gasteiger charge is 2.10. The zero-order valence-corrected chi connectivity index (χ0v) is 12.8. The van der Waals surface area contributed by atoms with E-state index in [1.54, 1.807) is 17.5 Å². The largest absolute Gasteiger partial charge is 0.352 e. The van der Waals surface area contributed by atoms with E-state index in [9.17, 15) is 0 Å². The molecule has 0 aliphatic heterocycles. The molecule has 1 N–H and O–H groups in total. The molecule has 0 atom stereocenters. The number of aromatic nitrogens is 1. The van der Waals surface area contributed by atoms with Gasteiger partial charge in [-0.05, 0) is 37.0 Å². The molecule has 2 aromatic heterocycles. The lowest BCUT2D eigenvalue weighted by molar-refractivity contribution is 0.799. The van der Waals surface area contributed by atoms with Gasteiger partial charge in [0.1, 0.15) is 5.82 Å². The van der Waals surface area contributed by atoms with Crippen molar-refractivity contribution >= 4 is 28.8 Å². The van der Waals surface area contributed by atoms with Crippen molar-refractivity contribution in [2.45, 2.75) is 20.0 Å². The van der Waals surface area contributed by atoms with Crippen molar-refractivity contribution in [1.29, 1.82) is 0 Å². The summed E-state index contributed by atoms with van der Waals surface area (Å²) in [5.74, 6) is 0.977. The van der Waals surface area contributed by atoms with E-state index in [2.05, 4.69) is 45.7 Å². The van der Waals surface area contributed by atoms with E-state index in [1.807, 2.05) is 7.05 Å². The fourth-order valence-electron chi connectivity index (χ4n) is 1.91. The van der Waals surface area contributed by atoms with Crippen LogP contribution in [0.1, 0.15) is 17.4 Å². The Morgan fingerprint density at radius 1 is 1.47 bits per heavy atom. The third kappa shape index (κ3) is 3.69. The summed E-state index contributed by atoms with van der Waals surface area (Å²) in [5, 5.41) is 5.94. The second kappa shape index (κ2) is 6.89. The Balaban J connectivity index is 2.20. The van der Waals surface area contributed by atoms with E-state index in [0.717, 1.165) is 31.0 Å². The maximum atomic E-state index is 6.15. The summed E-state index contributed by atoms with van der Waals surface area (Å²) in [6.07, 6.45) is 1.74. The van der Waals surface area contributed by atoms with Crippen molar-refractivity contribution in [1.82, 2.24) is 10.3 Å². The Bertz CT molecular complexity index is 513. The van der Waals surface area contributed by atoms with Crippen molar-refractivity contribution in [2.75, 3.05) is 18.5 Å². The lowest BCUT2D eigenvalue weighted by Gasteiger charge is -2.22. The molecule has 0 unspecified atom stereocenters. The molecule has 0 aliphatic carbocycles. The van der Waals surface area contributed by atoms with Crippen molar-refractivity contribution in [3.63, 3.8) is 0 Å². The van der Waals surface area contributed by atoms with Gasteiger partial charge in [-0.25, -0.2) is 4.98 Å². The Morgan fingerprint density at radius 3 is 2.95 bits per heavy atom. The highest BCUT2D eigenvalue weighted by atomic mass is 35.5. The maximum absolute atomic E-state index is 6.15. The number of nitrogens with zero attached hydrogens (tertiary/aromatic N) is 2. The van der Waals surface area contributed by atoms with Gasteiger partial charge in [-0.3, -0.25) is 0 Å². The van der Waals surface area contributed by atoms with E-state index < -0.39 is 0 Å². The highest BCUT2D eigenvalue weighted by molar-refractivity contribution is 7.09. The summed E-state index contributed by atoms with van der Waals surface area (Å²) in [6, 6.07) is 6.29. The molecule has 2 heterocycles. The van der Waals surface area contributed by atoms with E-state index >= 15 is 0 Å². The summed E-state index contributed by atoms with van der Waals surface area (Å²) in [6.45, 7) is 4.71. The number of anilines is 1. The molecule has 2 aromatic rings. The maximum Gasteiger partial charge on any atom is 0.129 e. The normalized spacial score (nSPS) is 10.7. The Hall–Kier alpha value is -1.10. The molecule has 0 amide bonds. The first-order chi connectivity index (χ1) is 9.24. The first kappa shape index (κ1) is 14.3. The second-order valence-corrected chi connectivity index (χ2v) is 5.70. The number of thiophene rings is 1. The van der Waals surface area contributed by atoms with Gasteiger partial charge < -0.3 is 10.2 Å². The number of hydrogen-bond acceptors (Lipinski definition) is 4. The van der Waals surface area contributed by atoms with E-state index in [-0.39, 0.29) is 0 Å². The lowest BCUT2D eigenvalue weighted by atomic mass is 10.2. The predicted octanol–water partition coefficient (Wildman–Crippen LogP) is 3.54. The Labute approximate surface area is 123 Å². The molecule has 0 saturated carbocycles. The van der Waals surface area contributed by atoms with Gasteiger partial charge in [-0.15, -0.1) is 11.3 Å². The fraction of sp³-hybridized carbons (Fsp3) is 0.357. The molecule has 3 nitrogen and oxygen atoms in total. The highest BCUT2D eigenvalue weighted by Crippen LogP contribution is 2.22. The van der Waals surface area contributed by atoms with Gasteiger partial charge in [0.25, 0.3) is 0 Å². The van der Waals surface area contributed by atoms with E-state index in [4.69, 9.17) is 11.6 Å². The molecular weight excluding hydrogens is 278 g/mol. The standard InChI is InChI=1S/C14H18ClN3S/c1-3-18(10-12-5-4-6-19-12)14-7-11(8-16-2)13(15)9-17-14/h4-7,9,16H,3,8,10H2,1-2H3. The van der Waals surface area contributed by atoms with Crippen molar-refractivity contribution in [3.8, 4) is 0 Å². The van der Waals surface area contributed by atoms with Crippen LogP contribution in [0.3, 0.4) is 0 Å². The number of rotatable bonds is 6. The minimum Gasteiger partial charge on any atom is -0.352 e. The molecular formula is C14H18ClN3S. The van der Waals surface area contributed by atoms with Crippen molar-refractivity contribution < 1.29 is 0 Å². The van der Waals surface area contributed by atoms with E-state index in [0.29, 0.717) is 5.02 Å². The fourth-order valence-corrected chi connectivity index (χ4v) is 2.80. The van der Waals surface area contributed by atoms with Crippen LogP contribution in [0, 0.1) is 0 Å². The summed E-state index contributed by atoms with van der Waals surface area (Å²) >= 11 is 7.92. The van der Waals surface area contributed by atoms with Crippen molar-refractivity contribution in [3.05, 3.63) is 45.2 Å². The predicted molar refractivity (Wildman–Crippen MR) is 83.1 cm³/mol. The minimum absolute atomic E-state index is 0.713. The zero-order valence-electron chi connectivity index (χ0n) is 11.2. The molecule has 0 fully saturated rings. The average Bonchev–Trinajstić information content (AvgIpc) is 2.92. The molecule has 102 valence electrons. The average molecular weight is 296 g/mol. The molecule has 2 rings (SSSR count). The van der Waals surface area contributed by atoms with Gasteiger partial charge in [-0.2, -0.15) is 0 Å². The van der Waals surface area contributed by atoms with Crippen LogP contribution in [0.4, 0.5) is 5.82 Å². The smallest absolute Gasteiger partial charge is 0.129 e. The molecule has 0 saturated heterocycles. The topological polar surface area (TPSA) is 28.2 Å². The Morgan fingerprint density at radius 2 is 2.32 bits per heavy atom. The molecule has 5 heteroatoms. The quantitative estimate of drug-likeness (QED) is 0.883. The summed E-state index contributed by atoms with van der Waals surface area (Å²) in [5.41, 5.74) is 1.08. The van der Waals surface area contributed by atoms with Crippen LogP contribution >= 0.6 is 22.9 Å². The zero-order chi connectivity index (χ0) is 13.7. The lowest BCUT2D eigenvalue weighted by Crippen LogP contribution is -2.23. The van der Waals surface area contributed by atoms with Crippen LogP contribution in [0.25, 0.3) is 0 Å². The molecule has 0 aromatic carbocycles. The number of pyridine rings is 1. The third-order valence-corrected chi connectivity index (χ3v) is 4.12. The molecule has 19 heavy (non-hydrogen) atoms. The van der Waals surface area contributed by atoms with Crippen LogP contribution in [0.15, 0.2) is 29.8 Å². The van der Waals surface area contributed by atoms with Crippen LogP contribution in [-0.2, 0) is 13.1 Å². The second-order valence-electron chi connectivity index (χ2n) is 4.26. The van der Waals surface area contributed by atoms with Gasteiger partial charge in [0.15, 0.2) is 0 Å². The first-order valence-electron chi connectivity index (χ1n) is 6.31. The molecule has 0 bridgehead atoms. The Kier molecular flexibility index (Phi) is 5.19. The van der Waals surface area contributed by atoms with Crippen LogP contribution in [0.2, 0.25) is 5.02 Å². The van der Waals surface area contributed by atoms with Gasteiger partial charge in [0.2, 0.25) is 0 Å². The van der Waals surface area contributed by atoms with Gasteiger partial charge in [0.05, 0.1) is 11.6 Å². The van der Waals surface area contributed by atoms with Crippen LogP contribution < -0.4 is 10.2 Å². The number of halogens is 1. The van der Waals surface area contributed by atoms with Gasteiger partial charge in [0, 0.05) is 24.2 Å². The van der Waals surface area contributed by atoms with Crippen molar-refractivity contribution in [2.24, 2.45) is 0 Å². The monoisotopic (exact) mass is 295 g/mol. The summed E-state index contributed by atoms with van der Waals surface area (Å²) < 4.78 is 0. The summed E-state index contributed by atoms with van der Waals surface area (Å²) in [7, 11) is 1.92.